The maximum atomic E-state index is 13.2. The Morgan fingerprint density at radius 3 is 2.42 bits per heavy atom. The predicted octanol–water partition coefficient (Wildman–Crippen LogP) is 3.35. The van der Waals surface area contributed by atoms with E-state index in [4.69, 9.17) is 4.74 Å². The number of amides is 1. The number of ether oxygens (including phenoxy) is 1. The molecule has 3 rings (SSSR count). The van der Waals surface area contributed by atoms with Crippen LogP contribution < -0.4 is 9.64 Å². The van der Waals surface area contributed by atoms with Crippen LogP contribution in [0, 0.1) is 6.92 Å². The molecule has 0 saturated heterocycles. The van der Waals surface area contributed by atoms with Gasteiger partial charge in [0.25, 0.3) is 5.91 Å². The summed E-state index contributed by atoms with van der Waals surface area (Å²) in [7, 11) is -3.29. The van der Waals surface area contributed by atoms with Crippen molar-refractivity contribution in [1.29, 1.82) is 0 Å². The first kappa shape index (κ1) is 18.2. The molecule has 1 atom stereocenters. The largest absolute Gasteiger partial charge is 0.494 e. The van der Waals surface area contributed by atoms with E-state index in [9.17, 15) is 13.2 Å². The van der Waals surface area contributed by atoms with E-state index in [1.165, 1.54) is 5.41 Å². The van der Waals surface area contributed by atoms with Crippen LogP contribution in [0.25, 0.3) is 0 Å². The molecule has 0 N–H and O–H groups in total. The lowest BCUT2D eigenvalue weighted by Crippen LogP contribution is -2.41. The molecule has 0 fully saturated rings. The summed E-state index contributed by atoms with van der Waals surface area (Å²) in [6, 6.07) is 13.9. The van der Waals surface area contributed by atoms with Crippen molar-refractivity contribution in [2.24, 2.45) is 0 Å². The van der Waals surface area contributed by atoms with Crippen molar-refractivity contribution in [2.75, 3.05) is 17.3 Å². The van der Waals surface area contributed by atoms with Gasteiger partial charge in [0.1, 0.15) is 5.75 Å². The molecule has 6 heteroatoms. The van der Waals surface area contributed by atoms with Gasteiger partial charge in [-0.25, -0.2) is 8.42 Å². The maximum Gasteiger partial charge on any atom is 0.259 e. The Balaban J connectivity index is 2.01. The Morgan fingerprint density at radius 1 is 1.15 bits per heavy atom. The first-order valence-corrected chi connectivity index (χ1v) is 10.2. The van der Waals surface area contributed by atoms with Gasteiger partial charge in [-0.05, 0) is 55.8 Å². The minimum absolute atomic E-state index is 0.113. The van der Waals surface area contributed by atoms with Gasteiger partial charge in [0.05, 0.1) is 18.4 Å². The molecule has 0 unspecified atom stereocenters. The van der Waals surface area contributed by atoms with Gasteiger partial charge in [-0.2, -0.15) is 0 Å². The van der Waals surface area contributed by atoms with Crippen LogP contribution in [0.2, 0.25) is 0 Å². The average Bonchev–Trinajstić information content (AvgIpc) is 2.97. The fourth-order valence-electron chi connectivity index (χ4n) is 2.99. The topological polar surface area (TPSA) is 63.7 Å². The molecule has 0 spiro atoms. The molecule has 1 heterocycles. The van der Waals surface area contributed by atoms with Crippen LogP contribution in [0.1, 0.15) is 22.8 Å². The molecule has 1 aliphatic rings. The monoisotopic (exact) mass is 371 g/mol. The van der Waals surface area contributed by atoms with E-state index in [1.807, 2.05) is 26.0 Å². The van der Waals surface area contributed by atoms with Gasteiger partial charge in [0, 0.05) is 16.7 Å². The van der Waals surface area contributed by atoms with Crippen molar-refractivity contribution in [1.82, 2.24) is 0 Å². The van der Waals surface area contributed by atoms with E-state index < -0.39 is 15.9 Å². The summed E-state index contributed by atoms with van der Waals surface area (Å²) in [4.78, 5) is 14.8. The summed E-state index contributed by atoms with van der Waals surface area (Å²) >= 11 is 0. The number of benzene rings is 2. The molecule has 0 bridgehead atoms. The number of anilines is 1. The normalized spacial score (nSPS) is 17.8. The Morgan fingerprint density at radius 2 is 1.85 bits per heavy atom. The predicted molar refractivity (Wildman–Crippen MR) is 102 cm³/mol. The molecular weight excluding hydrogens is 350 g/mol. The lowest BCUT2D eigenvalue weighted by molar-refractivity contribution is 0.0982. The van der Waals surface area contributed by atoms with Crippen LogP contribution in [0.15, 0.2) is 60.0 Å². The second-order valence-electron chi connectivity index (χ2n) is 6.14. The molecule has 2 aromatic carbocycles. The Kier molecular flexibility index (Phi) is 5.13. The number of hydrogen-bond donors (Lipinski definition) is 0. The molecule has 5 nitrogen and oxygen atoms in total. The molecule has 0 aromatic heterocycles. The fraction of sp³-hybridized carbons (Fsp3) is 0.250. The molecule has 0 saturated carbocycles. The number of sulfone groups is 1. The van der Waals surface area contributed by atoms with Crippen LogP contribution in [0.4, 0.5) is 5.69 Å². The molecule has 1 amide bonds. The number of rotatable bonds is 5. The number of carbonyl (C=O) groups excluding carboxylic acids is 1. The summed E-state index contributed by atoms with van der Waals surface area (Å²) in [5.41, 5.74) is 2.03. The lowest BCUT2D eigenvalue weighted by atomic mass is 10.1. The van der Waals surface area contributed by atoms with Crippen molar-refractivity contribution < 1.29 is 17.9 Å². The molecule has 136 valence electrons. The number of nitrogens with zero attached hydrogens (tertiary/aromatic N) is 1. The minimum Gasteiger partial charge on any atom is -0.494 e. The van der Waals surface area contributed by atoms with Crippen LogP contribution in [0.3, 0.4) is 0 Å². The van der Waals surface area contributed by atoms with Crippen molar-refractivity contribution in [3.05, 3.63) is 71.1 Å². The third kappa shape index (κ3) is 3.80. The summed E-state index contributed by atoms with van der Waals surface area (Å²) in [6.45, 7) is 4.32. The van der Waals surface area contributed by atoms with E-state index in [1.54, 1.807) is 47.4 Å². The van der Waals surface area contributed by atoms with Gasteiger partial charge < -0.3 is 9.64 Å². The zero-order valence-electron chi connectivity index (χ0n) is 14.8. The highest BCUT2D eigenvalue weighted by atomic mass is 32.2. The number of hydrogen-bond acceptors (Lipinski definition) is 4. The highest BCUT2D eigenvalue weighted by Crippen LogP contribution is 2.27. The van der Waals surface area contributed by atoms with E-state index in [0.29, 0.717) is 23.6 Å². The van der Waals surface area contributed by atoms with E-state index in [0.717, 1.165) is 5.56 Å². The van der Waals surface area contributed by atoms with Gasteiger partial charge in [-0.3, -0.25) is 4.79 Å². The van der Waals surface area contributed by atoms with Crippen molar-refractivity contribution >= 4 is 21.4 Å². The summed E-state index contributed by atoms with van der Waals surface area (Å²) in [5.74, 6) is 0.366. The van der Waals surface area contributed by atoms with Crippen LogP contribution in [-0.4, -0.2) is 32.7 Å². The third-order valence-corrected chi connectivity index (χ3v) is 5.64. The maximum absolute atomic E-state index is 13.2. The number of carbonyl (C=O) groups is 1. The third-order valence-electron chi connectivity index (χ3n) is 4.26. The standard InChI is InChI=1S/C20H21NO4S/c1-3-25-18-10-8-16(9-11-18)21(17-12-13-26(23,24)14-17)20(22)19-7-5-4-6-15(19)2/h4-13,17H,3,14H2,1-2H3/t17-/m1/s1. The summed E-state index contributed by atoms with van der Waals surface area (Å²) < 4.78 is 29.2. The Hall–Kier alpha value is -2.60. The lowest BCUT2D eigenvalue weighted by Gasteiger charge is -2.28. The van der Waals surface area contributed by atoms with Gasteiger partial charge in [-0.1, -0.05) is 18.2 Å². The van der Waals surface area contributed by atoms with Gasteiger partial charge in [0.2, 0.25) is 0 Å². The Bertz CT molecular complexity index is 933. The first-order valence-electron chi connectivity index (χ1n) is 8.44. The molecule has 2 aromatic rings. The second kappa shape index (κ2) is 7.33. The SMILES string of the molecule is CCOc1ccc(N(C(=O)c2ccccc2C)[C@@H]2C=CS(=O)(=O)C2)cc1. The molecule has 0 radical (unpaired) electrons. The van der Waals surface area contributed by atoms with Crippen LogP contribution in [0.5, 0.6) is 5.75 Å². The quantitative estimate of drug-likeness (QED) is 0.809. The molecule has 1 aliphatic heterocycles. The summed E-state index contributed by atoms with van der Waals surface area (Å²) in [5, 5.41) is 1.18. The van der Waals surface area contributed by atoms with Crippen molar-refractivity contribution in [2.45, 2.75) is 19.9 Å². The molecule has 0 aliphatic carbocycles. The molecular formula is C20H21NO4S. The minimum atomic E-state index is -3.29. The van der Waals surface area contributed by atoms with E-state index in [2.05, 4.69) is 0 Å². The van der Waals surface area contributed by atoms with Crippen molar-refractivity contribution in [3.63, 3.8) is 0 Å². The van der Waals surface area contributed by atoms with Gasteiger partial charge in [0.15, 0.2) is 9.84 Å². The zero-order valence-corrected chi connectivity index (χ0v) is 15.6. The Labute approximate surface area is 153 Å². The highest BCUT2D eigenvalue weighted by Gasteiger charge is 2.32. The first-order chi connectivity index (χ1) is 12.4. The highest BCUT2D eigenvalue weighted by molar-refractivity contribution is 7.94. The smallest absolute Gasteiger partial charge is 0.259 e. The average molecular weight is 371 g/mol. The van der Waals surface area contributed by atoms with Crippen LogP contribution in [-0.2, 0) is 9.84 Å². The van der Waals surface area contributed by atoms with E-state index in [-0.39, 0.29) is 11.7 Å². The van der Waals surface area contributed by atoms with Gasteiger partial charge >= 0.3 is 0 Å². The van der Waals surface area contributed by atoms with Gasteiger partial charge in [-0.15, -0.1) is 0 Å². The number of aryl methyl sites for hydroxylation is 1. The summed E-state index contributed by atoms with van der Waals surface area (Å²) in [6.07, 6.45) is 1.57. The van der Waals surface area contributed by atoms with Crippen molar-refractivity contribution in [3.8, 4) is 5.75 Å². The van der Waals surface area contributed by atoms with E-state index >= 15 is 0 Å². The second-order valence-corrected chi connectivity index (χ2v) is 8.07. The van der Waals surface area contributed by atoms with Crippen LogP contribution >= 0.6 is 0 Å². The fourth-order valence-corrected chi connectivity index (χ4v) is 4.26. The molecule has 26 heavy (non-hydrogen) atoms. The zero-order chi connectivity index (χ0) is 18.7.